The summed E-state index contributed by atoms with van der Waals surface area (Å²) in [6, 6.07) is 4.95. The second kappa shape index (κ2) is 8.14. The summed E-state index contributed by atoms with van der Waals surface area (Å²) in [5, 5.41) is 3.33. The molecule has 1 atom stereocenters. The zero-order valence-corrected chi connectivity index (χ0v) is 13.7. The van der Waals surface area contributed by atoms with Crippen LogP contribution in [0.3, 0.4) is 0 Å². The Kier molecular flexibility index (Phi) is 7.19. The number of rotatable bonds is 7. The molecule has 1 rings (SSSR count). The highest BCUT2D eigenvalue weighted by Gasteiger charge is 2.31. The molecule has 114 valence electrons. The molecule has 0 aromatic heterocycles. The van der Waals surface area contributed by atoms with Crippen molar-refractivity contribution in [1.82, 2.24) is 5.32 Å². The molecular weight excluding hydrogens is 355 g/mol. The number of thioether (sulfide) groups is 1. The van der Waals surface area contributed by atoms with Crippen molar-refractivity contribution in [2.45, 2.75) is 32.3 Å². The first-order chi connectivity index (χ1) is 9.31. The molecule has 0 aliphatic rings. The topological polar surface area (TPSA) is 21.3 Å². The predicted octanol–water partition coefficient (Wildman–Crippen LogP) is 4.58. The molecule has 0 saturated carbocycles. The Hall–Kier alpha value is -0.400. The third kappa shape index (κ3) is 6.85. The highest BCUT2D eigenvalue weighted by Crippen LogP contribution is 2.31. The van der Waals surface area contributed by atoms with Crippen molar-refractivity contribution in [3.05, 3.63) is 28.2 Å². The molecule has 0 saturated heterocycles. The maximum Gasteiger partial charge on any atom is 0.573 e. The molecule has 0 aliphatic carbocycles. The second-order valence-electron chi connectivity index (χ2n) is 4.38. The first-order valence-corrected chi connectivity index (χ1v) is 8.27. The van der Waals surface area contributed by atoms with Gasteiger partial charge < -0.3 is 10.1 Å². The molecule has 0 spiro atoms. The lowest BCUT2D eigenvalue weighted by molar-refractivity contribution is -0.274. The van der Waals surface area contributed by atoms with Gasteiger partial charge in [0.25, 0.3) is 0 Å². The minimum absolute atomic E-state index is 0.225. The van der Waals surface area contributed by atoms with Gasteiger partial charge in [0, 0.05) is 12.6 Å². The van der Waals surface area contributed by atoms with Gasteiger partial charge in [-0.25, -0.2) is 0 Å². The first-order valence-electron chi connectivity index (χ1n) is 6.08. The number of hydrogen-bond donors (Lipinski definition) is 1. The summed E-state index contributed by atoms with van der Waals surface area (Å²) in [5.41, 5.74) is 0.905. The van der Waals surface area contributed by atoms with E-state index in [4.69, 9.17) is 0 Å². The van der Waals surface area contributed by atoms with E-state index in [0.29, 0.717) is 17.1 Å². The molecule has 1 aromatic carbocycles. The Bertz CT molecular complexity index is 429. The number of hydrogen-bond acceptors (Lipinski definition) is 3. The van der Waals surface area contributed by atoms with E-state index in [-0.39, 0.29) is 5.75 Å². The van der Waals surface area contributed by atoms with Crippen LogP contribution in [0.5, 0.6) is 5.75 Å². The van der Waals surface area contributed by atoms with Crippen molar-refractivity contribution < 1.29 is 17.9 Å². The summed E-state index contributed by atoms with van der Waals surface area (Å²) in [6.07, 6.45) is -1.56. The van der Waals surface area contributed by atoms with Crippen LogP contribution in [0.1, 0.15) is 18.9 Å². The van der Waals surface area contributed by atoms with E-state index in [1.54, 1.807) is 23.9 Å². The summed E-state index contributed by atoms with van der Waals surface area (Å²) >= 11 is 4.88. The van der Waals surface area contributed by atoms with Gasteiger partial charge >= 0.3 is 6.36 Å². The van der Waals surface area contributed by atoms with Crippen molar-refractivity contribution in [2.24, 2.45) is 0 Å². The molecule has 20 heavy (non-hydrogen) atoms. The van der Waals surface area contributed by atoms with E-state index < -0.39 is 6.36 Å². The molecule has 0 amide bonds. The molecule has 1 aromatic rings. The number of nitrogens with one attached hydrogen (secondary N) is 1. The van der Waals surface area contributed by atoms with Crippen LogP contribution < -0.4 is 10.1 Å². The molecule has 2 nitrogen and oxygen atoms in total. The Morgan fingerprint density at radius 3 is 2.65 bits per heavy atom. The van der Waals surface area contributed by atoms with Crippen LogP contribution in [0.15, 0.2) is 22.7 Å². The fraction of sp³-hybridized carbons (Fsp3) is 0.538. The van der Waals surface area contributed by atoms with E-state index in [2.05, 4.69) is 39.2 Å². The molecule has 7 heteroatoms. The van der Waals surface area contributed by atoms with Gasteiger partial charge in [-0.3, -0.25) is 0 Å². The zero-order valence-electron chi connectivity index (χ0n) is 11.3. The van der Waals surface area contributed by atoms with Crippen LogP contribution >= 0.6 is 27.7 Å². The quantitative estimate of drug-likeness (QED) is 0.757. The maximum absolute atomic E-state index is 12.1. The van der Waals surface area contributed by atoms with Gasteiger partial charge in [0.15, 0.2) is 0 Å². The molecule has 0 fully saturated rings. The molecule has 0 heterocycles. The van der Waals surface area contributed by atoms with Crippen molar-refractivity contribution in [3.63, 3.8) is 0 Å². The van der Waals surface area contributed by atoms with Crippen molar-refractivity contribution in [2.75, 3.05) is 12.0 Å². The van der Waals surface area contributed by atoms with E-state index in [1.807, 2.05) is 0 Å². The van der Waals surface area contributed by atoms with Crippen LogP contribution in [0.2, 0.25) is 0 Å². The van der Waals surface area contributed by atoms with Crippen LogP contribution in [0, 0.1) is 0 Å². The molecule has 1 unspecified atom stereocenters. The first kappa shape index (κ1) is 17.7. The van der Waals surface area contributed by atoms with Crippen molar-refractivity contribution >= 4 is 27.7 Å². The molecule has 0 bridgehead atoms. The molecule has 0 aliphatic heterocycles. The Balaban J connectivity index is 2.55. The van der Waals surface area contributed by atoms with Crippen LogP contribution in [0.4, 0.5) is 13.2 Å². The number of ether oxygens (including phenoxy) is 1. The Labute approximate surface area is 129 Å². The fourth-order valence-corrected chi connectivity index (χ4v) is 2.65. The number of benzene rings is 1. The van der Waals surface area contributed by atoms with Gasteiger partial charge in [-0.05, 0) is 59.0 Å². The average Bonchev–Trinajstić information content (AvgIpc) is 2.35. The number of halogens is 4. The van der Waals surface area contributed by atoms with Gasteiger partial charge in [-0.15, -0.1) is 13.2 Å². The van der Waals surface area contributed by atoms with Gasteiger partial charge in [0.2, 0.25) is 0 Å². The zero-order chi connectivity index (χ0) is 15.2. The monoisotopic (exact) mass is 371 g/mol. The van der Waals surface area contributed by atoms with E-state index >= 15 is 0 Å². The lowest BCUT2D eigenvalue weighted by Crippen LogP contribution is -2.26. The third-order valence-electron chi connectivity index (χ3n) is 2.63. The smallest absolute Gasteiger partial charge is 0.405 e. The number of alkyl halides is 3. The molecular formula is C13H17BrF3NOS. The maximum atomic E-state index is 12.1. The summed E-state index contributed by atoms with van der Waals surface area (Å²) in [7, 11) is 0. The minimum Gasteiger partial charge on any atom is -0.405 e. The largest absolute Gasteiger partial charge is 0.573 e. The predicted molar refractivity (Wildman–Crippen MR) is 80.1 cm³/mol. The fourth-order valence-electron chi connectivity index (χ4n) is 1.55. The second-order valence-corrected chi connectivity index (χ2v) is 6.22. The van der Waals surface area contributed by atoms with E-state index in [9.17, 15) is 13.2 Å². The van der Waals surface area contributed by atoms with E-state index in [1.165, 1.54) is 6.07 Å². The van der Waals surface area contributed by atoms with Gasteiger partial charge in [-0.1, -0.05) is 6.07 Å². The van der Waals surface area contributed by atoms with Gasteiger partial charge in [0.1, 0.15) is 5.75 Å². The summed E-state index contributed by atoms with van der Waals surface area (Å²) in [5.74, 6) is 0.854. The lowest BCUT2D eigenvalue weighted by Gasteiger charge is -2.14. The SMILES string of the molecule is CSCCC(C)NCc1ccc(OC(F)(F)F)c(Br)c1. The minimum atomic E-state index is -4.67. The Morgan fingerprint density at radius 2 is 2.10 bits per heavy atom. The summed E-state index contributed by atoms with van der Waals surface area (Å²) in [6.45, 7) is 2.70. The average molecular weight is 372 g/mol. The van der Waals surface area contributed by atoms with Gasteiger partial charge in [-0.2, -0.15) is 11.8 Å². The molecule has 1 N–H and O–H groups in total. The lowest BCUT2D eigenvalue weighted by atomic mass is 10.2. The highest BCUT2D eigenvalue weighted by molar-refractivity contribution is 9.10. The molecule has 0 radical (unpaired) electrons. The van der Waals surface area contributed by atoms with Gasteiger partial charge in [0.05, 0.1) is 4.47 Å². The van der Waals surface area contributed by atoms with Crippen molar-refractivity contribution in [1.29, 1.82) is 0 Å². The van der Waals surface area contributed by atoms with Crippen molar-refractivity contribution in [3.8, 4) is 5.75 Å². The van der Waals surface area contributed by atoms with Crippen LogP contribution in [0.25, 0.3) is 0 Å². The summed E-state index contributed by atoms with van der Waals surface area (Å²) in [4.78, 5) is 0. The van der Waals surface area contributed by atoms with Crippen LogP contribution in [-0.4, -0.2) is 24.4 Å². The third-order valence-corrected chi connectivity index (χ3v) is 3.90. The van der Waals surface area contributed by atoms with Crippen LogP contribution in [-0.2, 0) is 6.54 Å². The van der Waals surface area contributed by atoms with E-state index in [0.717, 1.165) is 17.7 Å². The highest BCUT2D eigenvalue weighted by atomic mass is 79.9. The Morgan fingerprint density at radius 1 is 1.40 bits per heavy atom. The normalized spacial score (nSPS) is 13.3. The summed E-state index contributed by atoms with van der Waals surface area (Å²) < 4.78 is 40.6. The standard InChI is InChI=1S/C13H17BrF3NOS/c1-9(5-6-20-2)18-8-10-3-4-12(11(14)7-10)19-13(15,16)17/h3-4,7,9,18H,5-6,8H2,1-2H3.